The Bertz CT molecular complexity index is 324. The van der Waals surface area contributed by atoms with Gasteiger partial charge >= 0.3 is 0 Å². The molecule has 0 saturated heterocycles. The second-order valence-electron chi connectivity index (χ2n) is 8.53. The summed E-state index contributed by atoms with van der Waals surface area (Å²) in [4.78, 5) is 0. The Morgan fingerprint density at radius 1 is 0.581 bits per heavy atom. The predicted octanol–water partition coefficient (Wildman–Crippen LogP) is 6.56. The van der Waals surface area contributed by atoms with E-state index in [0.29, 0.717) is 25.0 Å². The summed E-state index contributed by atoms with van der Waals surface area (Å²) in [5.74, 6) is 1.21. The highest BCUT2D eigenvalue weighted by atomic mass is 16.5. The summed E-state index contributed by atoms with van der Waals surface area (Å²) in [7, 11) is 0. The fourth-order valence-electron chi connectivity index (χ4n) is 3.53. The zero-order valence-electron chi connectivity index (χ0n) is 21.7. The third-order valence-electron chi connectivity index (χ3n) is 5.89. The molecule has 0 aromatic heterocycles. The molecule has 0 heterocycles. The zero-order chi connectivity index (χ0) is 23.2. The van der Waals surface area contributed by atoms with E-state index in [2.05, 4.69) is 27.7 Å². The third-order valence-corrected chi connectivity index (χ3v) is 5.89. The van der Waals surface area contributed by atoms with Gasteiger partial charge < -0.3 is 18.9 Å². The second-order valence-corrected chi connectivity index (χ2v) is 8.53. The lowest BCUT2D eigenvalue weighted by atomic mass is 10.0. The first-order chi connectivity index (χ1) is 15.1. The number of nitrogens with zero attached hydrogens (tertiary/aromatic N) is 1. The van der Waals surface area contributed by atoms with Gasteiger partial charge in [0.25, 0.3) is 0 Å². The minimum absolute atomic E-state index is 0.176. The molecule has 0 aromatic carbocycles. The average Bonchev–Trinajstić information content (AvgIpc) is 2.79. The molecule has 5 nitrogen and oxygen atoms in total. The molecule has 0 fully saturated rings. The lowest BCUT2D eigenvalue weighted by molar-refractivity contribution is -0.0829. The van der Waals surface area contributed by atoms with Gasteiger partial charge in [0.1, 0.15) is 12.5 Å². The van der Waals surface area contributed by atoms with Crippen LogP contribution in [0.3, 0.4) is 0 Å². The Labute approximate surface area is 194 Å². The molecule has 0 aliphatic carbocycles. The summed E-state index contributed by atoms with van der Waals surface area (Å²) in [5, 5.41) is 4.99. The fraction of sp³-hybridized carbons (Fsp3) is 1.00. The molecular formula is C26H54NO4. The van der Waals surface area contributed by atoms with Crippen LogP contribution in [-0.2, 0) is 18.9 Å². The SMILES string of the molecule is CCCCC(CC)COC(CCOCC)[N]C(CCOCC)OCC(CC)CCCC. The van der Waals surface area contributed by atoms with E-state index in [9.17, 15) is 0 Å². The molecule has 187 valence electrons. The maximum atomic E-state index is 6.31. The maximum Gasteiger partial charge on any atom is 0.128 e. The van der Waals surface area contributed by atoms with Crippen LogP contribution in [0.1, 0.15) is 106 Å². The van der Waals surface area contributed by atoms with Gasteiger partial charge in [-0.25, -0.2) is 0 Å². The van der Waals surface area contributed by atoms with Crippen molar-refractivity contribution in [3.63, 3.8) is 0 Å². The van der Waals surface area contributed by atoms with E-state index in [4.69, 9.17) is 24.3 Å². The van der Waals surface area contributed by atoms with Crippen molar-refractivity contribution in [2.24, 2.45) is 11.8 Å². The topological polar surface area (TPSA) is 51.0 Å². The first-order valence-electron chi connectivity index (χ1n) is 13.2. The number of hydrogen-bond acceptors (Lipinski definition) is 4. The van der Waals surface area contributed by atoms with Crippen molar-refractivity contribution >= 4 is 0 Å². The van der Waals surface area contributed by atoms with Crippen LogP contribution in [0.15, 0.2) is 0 Å². The van der Waals surface area contributed by atoms with Crippen LogP contribution in [0.2, 0.25) is 0 Å². The molecular weight excluding hydrogens is 390 g/mol. The van der Waals surface area contributed by atoms with Crippen molar-refractivity contribution in [1.29, 1.82) is 0 Å². The molecule has 4 unspecified atom stereocenters. The van der Waals surface area contributed by atoms with Crippen molar-refractivity contribution in [3.8, 4) is 0 Å². The molecule has 0 bridgehead atoms. The van der Waals surface area contributed by atoms with Gasteiger partial charge in [0.2, 0.25) is 0 Å². The maximum absolute atomic E-state index is 6.31. The van der Waals surface area contributed by atoms with Crippen LogP contribution in [0.4, 0.5) is 0 Å². The van der Waals surface area contributed by atoms with Crippen LogP contribution >= 0.6 is 0 Å². The van der Waals surface area contributed by atoms with E-state index >= 15 is 0 Å². The summed E-state index contributed by atoms with van der Waals surface area (Å²) >= 11 is 0. The minimum Gasteiger partial charge on any atom is -0.382 e. The normalized spacial score (nSPS) is 15.7. The molecule has 0 aromatic rings. The highest BCUT2D eigenvalue weighted by Gasteiger charge is 2.21. The minimum atomic E-state index is -0.176. The zero-order valence-corrected chi connectivity index (χ0v) is 21.7. The van der Waals surface area contributed by atoms with Gasteiger partial charge in [0, 0.05) is 26.1 Å². The van der Waals surface area contributed by atoms with Crippen LogP contribution in [0.5, 0.6) is 0 Å². The van der Waals surface area contributed by atoms with Crippen molar-refractivity contribution in [3.05, 3.63) is 0 Å². The Morgan fingerprint density at radius 3 is 1.32 bits per heavy atom. The number of rotatable bonds is 24. The Balaban J connectivity index is 4.86. The monoisotopic (exact) mass is 444 g/mol. The number of hydrogen-bond donors (Lipinski definition) is 0. The van der Waals surface area contributed by atoms with Crippen molar-refractivity contribution in [2.75, 3.05) is 39.6 Å². The average molecular weight is 445 g/mol. The van der Waals surface area contributed by atoms with Gasteiger partial charge in [-0.05, 0) is 38.5 Å². The van der Waals surface area contributed by atoms with E-state index in [0.717, 1.165) is 52.1 Å². The molecule has 0 aliphatic heterocycles. The van der Waals surface area contributed by atoms with Crippen molar-refractivity contribution in [1.82, 2.24) is 5.32 Å². The molecule has 1 radical (unpaired) electrons. The molecule has 0 amide bonds. The molecule has 31 heavy (non-hydrogen) atoms. The van der Waals surface area contributed by atoms with Crippen molar-refractivity contribution < 1.29 is 18.9 Å². The molecule has 0 aliphatic rings. The predicted molar refractivity (Wildman–Crippen MR) is 130 cm³/mol. The van der Waals surface area contributed by atoms with Gasteiger partial charge in [-0.1, -0.05) is 66.2 Å². The molecule has 4 atom stereocenters. The first-order valence-corrected chi connectivity index (χ1v) is 13.2. The van der Waals surface area contributed by atoms with Crippen LogP contribution in [0, 0.1) is 11.8 Å². The number of ether oxygens (including phenoxy) is 4. The van der Waals surface area contributed by atoms with Gasteiger partial charge in [-0.2, -0.15) is 5.32 Å². The van der Waals surface area contributed by atoms with Crippen molar-refractivity contribution in [2.45, 2.75) is 118 Å². The van der Waals surface area contributed by atoms with Gasteiger partial charge in [-0.15, -0.1) is 0 Å². The smallest absolute Gasteiger partial charge is 0.128 e. The van der Waals surface area contributed by atoms with Gasteiger partial charge in [0.05, 0.1) is 26.4 Å². The molecule has 0 rings (SSSR count). The van der Waals surface area contributed by atoms with Gasteiger partial charge in [0.15, 0.2) is 0 Å². The second kappa shape index (κ2) is 23.0. The highest BCUT2D eigenvalue weighted by Crippen LogP contribution is 2.17. The lowest BCUT2D eigenvalue weighted by Crippen LogP contribution is -2.39. The summed E-state index contributed by atoms with van der Waals surface area (Å²) in [5.41, 5.74) is 0. The van der Waals surface area contributed by atoms with E-state index in [1.165, 1.54) is 38.5 Å². The third kappa shape index (κ3) is 18.0. The van der Waals surface area contributed by atoms with Gasteiger partial charge in [-0.3, -0.25) is 0 Å². The largest absolute Gasteiger partial charge is 0.382 e. The summed E-state index contributed by atoms with van der Waals surface area (Å²) < 4.78 is 23.8. The molecule has 0 saturated carbocycles. The van der Waals surface area contributed by atoms with E-state index in [-0.39, 0.29) is 12.5 Å². The fourth-order valence-corrected chi connectivity index (χ4v) is 3.53. The van der Waals surface area contributed by atoms with E-state index in [1.807, 2.05) is 13.8 Å². The Morgan fingerprint density at radius 2 is 1.00 bits per heavy atom. The quantitative estimate of drug-likeness (QED) is 0.158. The Kier molecular flexibility index (Phi) is 22.8. The molecule has 0 spiro atoms. The molecule has 5 heteroatoms. The number of unbranched alkanes of at least 4 members (excludes halogenated alkanes) is 2. The highest BCUT2D eigenvalue weighted by molar-refractivity contribution is 4.66. The standard InChI is InChI=1S/C26H54NO4/c1-7-13-15-23(9-3)21-30-25(17-19-28-11-5)27-26(18-20-29-12-6)31-22-24(10-4)16-14-8-2/h23-26H,7-22H2,1-6H3. The van der Waals surface area contributed by atoms with E-state index in [1.54, 1.807) is 0 Å². The van der Waals surface area contributed by atoms with E-state index < -0.39 is 0 Å². The Hall–Kier alpha value is -0.200. The summed E-state index contributed by atoms with van der Waals surface area (Å²) in [6.45, 7) is 17.4. The van der Waals surface area contributed by atoms with Crippen LogP contribution < -0.4 is 5.32 Å². The summed E-state index contributed by atoms with van der Waals surface area (Å²) in [6.07, 6.45) is 11.0. The van der Waals surface area contributed by atoms with Crippen LogP contribution in [0.25, 0.3) is 0 Å². The first kappa shape index (κ1) is 30.8. The molecule has 0 N–H and O–H groups in total. The summed E-state index contributed by atoms with van der Waals surface area (Å²) in [6, 6.07) is 0. The lowest BCUT2D eigenvalue weighted by Gasteiger charge is -2.27. The van der Waals surface area contributed by atoms with Crippen LogP contribution in [-0.4, -0.2) is 52.1 Å².